The van der Waals surface area contributed by atoms with Gasteiger partial charge in [0.1, 0.15) is 5.56 Å². The molecule has 2 heterocycles. The van der Waals surface area contributed by atoms with Crippen molar-refractivity contribution in [3.05, 3.63) is 96.7 Å². The molecular formula is C25H18N2+2. The van der Waals surface area contributed by atoms with E-state index in [0.717, 1.165) is 6.67 Å². The number of rotatable bonds is 1. The number of para-hydroxylation sites is 1. The molecule has 1 aliphatic rings. The maximum Gasteiger partial charge on any atom is 0.344 e. The number of hydrogen-bond donors (Lipinski definition) is 0. The summed E-state index contributed by atoms with van der Waals surface area (Å²) in [7, 11) is 0. The lowest BCUT2D eigenvalue weighted by Gasteiger charge is -2.12. The zero-order valence-electron chi connectivity index (χ0n) is 14.8. The SMILES string of the molecule is C1=[N+](c2c3ccccc3cc3ccccc23)C[n+]2cccc3cccc1c32. The Bertz CT molecular complexity index is 1340. The van der Waals surface area contributed by atoms with Crippen LogP contribution in [0.25, 0.3) is 32.4 Å². The summed E-state index contributed by atoms with van der Waals surface area (Å²) >= 11 is 0. The molecule has 0 N–H and O–H groups in total. The summed E-state index contributed by atoms with van der Waals surface area (Å²) in [6.45, 7) is 0.812. The lowest BCUT2D eigenvalue weighted by atomic mass is 10.00. The van der Waals surface area contributed by atoms with Crippen molar-refractivity contribution < 1.29 is 9.14 Å². The van der Waals surface area contributed by atoms with Crippen LogP contribution in [0.4, 0.5) is 5.69 Å². The van der Waals surface area contributed by atoms with Gasteiger partial charge in [-0.1, -0.05) is 42.5 Å². The van der Waals surface area contributed by atoms with Gasteiger partial charge in [0.25, 0.3) is 0 Å². The monoisotopic (exact) mass is 346 g/mol. The number of hydrogen-bond acceptors (Lipinski definition) is 0. The summed E-state index contributed by atoms with van der Waals surface area (Å²) in [5.41, 5.74) is 3.85. The first-order chi connectivity index (χ1) is 13.4. The van der Waals surface area contributed by atoms with Gasteiger partial charge in [-0.05, 0) is 47.2 Å². The highest BCUT2D eigenvalue weighted by atomic mass is 15.2. The van der Waals surface area contributed by atoms with E-state index in [-0.39, 0.29) is 0 Å². The molecule has 126 valence electrons. The van der Waals surface area contributed by atoms with Crippen LogP contribution >= 0.6 is 0 Å². The lowest BCUT2D eigenvalue weighted by molar-refractivity contribution is -0.811. The zero-order chi connectivity index (χ0) is 17.8. The van der Waals surface area contributed by atoms with E-state index in [4.69, 9.17) is 0 Å². The van der Waals surface area contributed by atoms with Crippen LogP contribution in [-0.4, -0.2) is 10.8 Å². The minimum absolute atomic E-state index is 0.812. The van der Waals surface area contributed by atoms with Gasteiger partial charge < -0.3 is 0 Å². The molecule has 6 rings (SSSR count). The van der Waals surface area contributed by atoms with Crippen LogP contribution in [0.15, 0.2) is 91.1 Å². The van der Waals surface area contributed by atoms with E-state index in [1.807, 2.05) is 0 Å². The fourth-order valence-corrected chi connectivity index (χ4v) is 4.40. The molecule has 2 heteroatoms. The molecule has 0 aliphatic carbocycles. The number of nitrogens with zero attached hydrogens (tertiary/aromatic N) is 2. The van der Waals surface area contributed by atoms with E-state index >= 15 is 0 Å². The Labute approximate surface area is 157 Å². The van der Waals surface area contributed by atoms with Gasteiger partial charge in [-0.2, -0.15) is 0 Å². The van der Waals surface area contributed by atoms with Crippen LogP contribution in [0.1, 0.15) is 5.56 Å². The highest BCUT2D eigenvalue weighted by molar-refractivity contribution is 6.08. The van der Waals surface area contributed by atoms with E-state index in [1.54, 1.807) is 0 Å². The van der Waals surface area contributed by atoms with Gasteiger partial charge in [-0.3, -0.25) is 0 Å². The highest BCUT2D eigenvalue weighted by Gasteiger charge is 2.28. The third kappa shape index (κ3) is 2.13. The summed E-state index contributed by atoms with van der Waals surface area (Å²) in [6.07, 6.45) is 4.48. The van der Waals surface area contributed by atoms with E-state index in [0.29, 0.717) is 0 Å². The minimum atomic E-state index is 0.812. The van der Waals surface area contributed by atoms with Crippen molar-refractivity contribution >= 4 is 44.3 Å². The first kappa shape index (κ1) is 14.6. The fraction of sp³-hybridized carbons (Fsp3) is 0.0400. The fourth-order valence-electron chi connectivity index (χ4n) is 4.40. The lowest BCUT2D eigenvalue weighted by Crippen LogP contribution is -2.42. The van der Waals surface area contributed by atoms with Crippen molar-refractivity contribution in [2.75, 3.05) is 0 Å². The van der Waals surface area contributed by atoms with E-state index in [9.17, 15) is 0 Å². The van der Waals surface area contributed by atoms with Crippen LogP contribution in [0.5, 0.6) is 0 Å². The van der Waals surface area contributed by atoms with Crippen molar-refractivity contribution in [3.63, 3.8) is 0 Å². The largest absolute Gasteiger partial charge is 0.344 e. The zero-order valence-corrected chi connectivity index (χ0v) is 14.8. The summed E-state index contributed by atoms with van der Waals surface area (Å²) < 4.78 is 4.74. The Hall–Kier alpha value is -3.52. The Morgan fingerprint density at radius 1 is 0.630 bits per heavy atom. The normalized spacial score (nSPS) is 13.3. The molecule has 0 amide bonds. The van der Waals surface area contributed by atoms with Gasteiger partial charge in [0, 0.05) is 11.5 Å². The molecule has 0 atom stereocenters. The van der Waals surface area contributed by atoms with Crippen molar-refractivity contribution in [2.24, 2.45) is 0 Å². The first-order valence-corrected chi connectivity index (χ1v) is 9.32. The van der Waals surface area contributed by atoms with Gasteiger partial charge in [-0.25, -0.2) is 0 Å². The molecular weight excluding hydrogens is 328 g/mol. The Morgan fingerprint density at radius 3 is 2.07 bits per heavy atom. The predicted octanol–water partition coefficient (Wildman–Crippen LogP) is 5.17. The van der Waals surface area contributed by atoms with E-state index < -0.39 is 0 Å². The molecule has 5 aromatic rings. The number of pyridine rings is 1. The number of aromatic nitrogens is 1. The molecule has 0 fully saturated rings. The molecule has 0 spiro atoms. The smallest absolute Gasteiger partial charge is 0.138 e. The maximum atomic E-state index is 2.40. The third-order valence-corrected chi connectivity index (χ3v) is 5.56. The third-order valence-electron chi connectivity index (χ3n) is 5.56. The summed E-state index contributed by atoms with van der Waals surface area (Å²) in [5, 5.41) is 6.43. The van der Waals surface area contributed by atoms with Crippen LogP contribution < -0.4 is 4.57 Å². The topological polar surface area (TPSA) is 6.89 Å². The predicted molar refractivity (Wildman–Crippen MR) is 111 cm³/mol. The van der Waals surface area contributed by atoms with Crippen molar-refractivity contribution in [2.45, 2.75) is 6.67 Å². The van der Waals surface area contributed by atoms with Crippen LogP contribution in [0, 0.1) is 0 Å². The van der Waals surface area contributed by atoms with E-state index in [1.165, 1.54) is 43.7 Å². The average Bonchev–Trinajstić information content (AvgIpc) is 2.72. The second-order valence-corrected chi connectivity index (χ2v) is 7.17. The molecule has 27 heavy (non-hydrogen) atoms. The Balaban J connectivity index is 1.73. The molecule has 0 bridgehead atoms. The molecule has 4 aromatic carbocycles. The minimum Gasteiger partial charge on any atom is -0.138 e. The van der Waals surface area contributed by atoms with Gasteiger partial charge in [0.05, 0.1) is 10.8 Å². The number of benzene rings is 4. The van der Waals surface area contributed by atoms with Gasteiger partial charge in [0.15, 0.2) is 12.4 Å². The first-order valence-electron chi connectivity index (χ1n) is 9.32. The maximum absolute atomic E-state index is 2.40. The van der Waals surface area contributed by atoms with Crippen LogP contribution in [-0.2, 0) is 6.67 Å². The van der Waals surface area contributed by atoms with Gasteiger partial charge >= 0.3 is 6.67 Å². The molecule has 1 aliphatic heterocycles. The molecule has 1 aromatic heterocycles. The van der Waals surface area contributed by atoms with Crippen molar-refractivity contribution in [1.29, 1.82) is 0 Å². The van der Waals surface area contributed by atoms with E-state index in [2.05, 4.69) is 106 Å². The molecule has 0 radical (unpaired) electrons. The number of fused-ring (bicyclic) bond motifs is 2. The van der Waals surface area contributed by atoms with Gasteiger partial charge in [-0.15, -0.1) is 9.14 Å². The summed E-state index contributed by atoms with van der Waals surface area (Å²) in [4.78, 5) is 0. The second kappa shape index (κ2) is 5.49. The molecule has 0 unspecified atom stereocenters. The second-order valence-electron chi connectivity index (χ2n) is 7.17. The quantitative estimate of drug-likeness (QED) is 0.292. The molecule has 0 saturated heterocycles. The van der Waals surface area contributed by atoms with Crippen LogP contribution in [0.3, 0.4) is 0 Å². The van der Waals surface area contributed by atoms with Crippen molar-refractivity contribution in [3.8, 4) is 0 Å². The standard InChI is InChI=1S/C25H18N2/c1-3-12-22-19(7-1)15-20-8-2-4-13-23(20)25(22)27-16-21-10-5-9-18-11-6-14-26(17-27)24(18)21/h1-16H,17H2/q+2. The average molecular weight is 346 g/mol. The van der Waals surface area contributed by atoms with Crippen LogP contribution in [0.2, 0.25) is 0 Å². The summed E-state index contributed by atoms with van der Waals surface area (Å²) in [5.74, 6) is 0. The molecule has 2 nitrogen and oxygen atoms in total. The van der Waals surface area contributed by atoms with Crippen molar-refractivity contribution in [1.82, 2.24) is 0 Å². The molecule has 0 saturated carbocycles. The highest BCUT2D eigenvalue weighted by Crippen LogP contribution is 2.35. The van der Waals surface area contributed by atoms with Gasteiger partial charge in [0.2, 0.25) is 11.2 Å². The summed E-state index contributed by atoms with van der Waals surface area (Å²) in [6, 6.07) is 30.5. The Morgan fingerprint density at radius 2 is 1.30 bits per heavy atom. The Kier molecular flexibility index (Phi) is 2.97.